The van der Waals surface area contributed by atoms with Crippen molar-refractivity contribution in [2.24, 2.45) is 0 Å². The maximum atomic E-state index is 15.4. The van der Waals surface area contributed by atoms with Gasteiger partial charge in [0.1, 0.15) is 0 Å². The number of amides is 1. The van der Waals surface area contributed by atoms with Gasteiger partial charge in [-0.05, 0) is 37.7 Å². The molecule has 4 aromatic rings. The number of aliphatic hydroxyl groups excluding tert-OH is 1. The number of aliphatic hydroxyl groups is 1. The van der Waals surface area contributed by atoms with Gasteiger partial charge in [-0.25, -0.2) is 9.37 Å². The molecule has 5 rings (SSSR count). The smallest absolute Gasteiger partial charge is 0.220 e. The standard InChI is InChI=1S/C33H35Cl2FN6O3/c1-42(15-16-43)19-21-5-3-8-27(31(21)36)40-26-7-4-6-24(29(26)34)32-30(35)23(13-14-38-32)25-11-9-20(33(41-25)45-2)17-37-18-22-10-12-28(44)39-22/h3-9,11,13-14,22,37,40,43H,10,12,15-19H2,1-2H3,(H,39,44)/t22-/m1/s1. The number of halogens is 3. The monoisotopic (exact) mass is 652 g/mol. The number of rotatable bonds is 13. The van der Waals surface area contributed by atoms with E-state index in [2.05, 4.69) is 20.9 Å². The van der Waals surface area contributed by atoms with Gasteiger partial charge in [-0.2, -0.15) is 0 Å². The van der Waals surface area contributed by atoms with E-state index in [-0.39, 0.29) is 24.2 Å². The summed E-state index contributed by atoms with van der Waals surface area (Å²) in [7, 11) is 3.38. The molecule has 12 heteroatoms. The first-order chi connectivity index (χ1) is 21.8. The summed E-state index contributed by atoms with van der Waals surface area (Å²) in [5.41, 5.74) is 4.40. The third-order valence-electron chi connectivity index (χ3n) is 7.61. The van der Waals surface area contributed by atoms with E-state index in [1.54, 1.807) is 55.8 Å². The quantitative estimate of drug-likeness (QED) is 0.143. The van der Waals surface area contributed by atoms with E-state index in [1.807, 2.05) is 24.1 Å². The second-order valence-corrected chi connectivity index (χ2v) is 11.6. The molecule has 1 aliphatic heterocycles. The average molecular weight is 654 g/mol. The van der Waals surface area contributed by atoms with E-state index >= 15 is 4.39 Å². The van der Waals surface area contributed by atoms with Gasteiger partial charge in [0.25, 0.3) is 0 Å². The predicted octanol–water partition coefficient (Wildman–Crippen LogP) is 5.80. The van der Waals surface area contributed by atoms with Crippen LogP contribution in [0.2, 0.25) is 10.0 Å². The minimum absolute atomic E-state index is 0.00800. The molecule has 0 radical (unpaired) electrons. The molecule has 1 saturated heterocycles. The zero-order valence-electron chi connectivity index (χ0n) is 25.0. The van der Waals surface area contributed by atoms with Gasteiger partial charge < -0.3 is 25.8 Å². The summed E-state index contributed by atoms with van der Waals surface area (Å²) in [6, 6.07) is 16.2. The highest BCUT2D eigenvalue weighted by molar-refractivity contribution is 6.39. The Hall–Kier alpha value is -3.80. The van der Waals surface area contributed by atoms with Crippen molar-refractivity contribution in [3.8, 4) is 28.4 Å². The number of carbonyl (C=O) groups is 1. The largest absolute Gasteiger partial charge is 0.481 e. The van der Waals surface area contributed by atoms with Crippen LogP contribution in [0.5, 0.6) is 5.88 Å². The lowest BCUT2D eigenvalue weighted by molar-refractivity contribution is -0.119. The molecule has 2 aromatic carbocycles. The molecule has 45 heavy (non-hydrogen) atoms. The fraction of sp³-hybridized carbons (Fsp3) is 0.303. The van der Waals surface area contributed by atoms with Crippen molar-refractivity contribution in [3.63, 3.8) is 0 Å². The van der Waals surface area contributed by atoms with Gasteiger partial charge in [0.15, 0.2) is 5.82 Å². The summed E-state index contributed by atoms with van der Waals surface area (Å²) in [6.45, 7) is 1.95. The highest BCUT2D eigenvalue weighted by Gasteiger charge is 2.21. The highest BCUT2D eigenvalue weighted by atomic mass is 35.5. The Morgan fingerprint density at radius 3 is 2.62 bits per heavy atom. The van der Waals surface area contributed by atoms with Crippen LogP contribution >= 0.6 is 23.2 Å². The Morgan fingerprint density at radius 1 is 1.07 bits per heavy atom. The summed E-state index contributed by atoms with van der Waals surface area (Å²) in [6.07, 6.45) is 3.02. The Labute approximate surface area is 271 Å². The molecule has 236 valence electrons. The molecule has 1 fully saturated rings. The molecule has 0 bridgehead atoms. The number of hydrogen-bond donors (Lipinski definition) is 4. The first kappa shape index (κ1) is 32.6. The third kappa shape index (κ3) is 7.71. The minimum Gasteiger partial charge on any atom is -0.481 e. The van der Waals surface area contributed by atoms with E-state index in [0.29, 0.717) is 82.3 Å². The SMILES string of the molecule is COc1nc(-c2ccnc(-c3cccc(Nc4cccc(CN(C)CCO)c4F)c3Cl)c2Cl)ccc1CNC[C@H]1CCC(=O)N1. The van der Waals surface area contributed by atoms with Crippen LogP contribution in [0, 0.1) is 5.82 Å². The average Bonchev–Trinajstić information content (AvgIpc) is 3.45. The van der Waals surface area contributed by atoms with E-state index in [1.165, 1.54) is 0 Å². The van der Waals surface area contributed by atoms with Crippen LogP contribution < -0.4 is 20.7 Å². The zero-order valence-corrected chi connectivity index (χ0v) is 26.6. The first-order valence-corrected chi connectivity index (χ1v) is 15.4. The molecule has 4 N–H and O–H groups in total. The zero-order chi connectivity index (χ0) is 31.9. The number of nitrogens with zero attached hydrogens (tertiary/aromatic N) is 3. The Balaban J connectivity index is 1.37. The van der Waals surface area contributed by atoms with Crippen molar-refractivity contribution in [1.82, 2.24) is 25.5 Å². The highest BCUT2D eigenvalue weighted by Crippen LogP contribution is 2.41. The van der Waals surface area contributed by atoms with Gasteiger partial charge in [0.2, 0.25) is 11.8 Å². The van der Waals surface area contributed by atoms with E-state index in [4.69, 9.17) is 32.9 Å². The van der Waals surface area contributed by atoms with Gasteiger partial charge in [-0.3, -0.25) is 14.7 Å². The number of hydrogen-bond acceptors (Lipinski definition) is 8. The molecule has 3 heterocycles. The van der Waals surface area contributed by atoms with Gasteiger partial charge in [-0.1, -0.05) is 53.5 Å². The summed E-state index contributed by atoms with van der Waals surface area (Å²) in [4.78, 5) is 22.5. The van der Waals surface area contributed by atoms with E-state index in [9.17, 15) is 9.90 Å². The van der Waals surface area contributed by atoms with Gasteiger partial charge >= 0.3 is 0 Å². The van der Waals surface area contributed by atoms with Crippen LogP contribution in [0.15, 0.2) is 60.8 Å². The van der Waals surface area contributed by atoms with Gasteiger partial charge in [0, 0.05) is 67.1 Å². The number of benzene rings is 2. The van der Waals surface area contributed by atoms with Crippen molar-refractivity contribution in [2.75, 3.05) is 39.2 Å². The summed E-state index contributed by atoms with van der Waals surface area (Å²) in [5.74, 6) is 0.147. The molecule has 2 aromatic heterocycles. The van der Waals surface area contributed by atoms with E-state index in [0.717, 1.165) is 12.0 Å². The summed E-state index contributed by atoms with van der Waals surface area (Å²) >= 11 is 13.8. The normalized spacial score (nSPS) is 14.6. The molecule has 9 nitrogen and oxygen atoms in total. The number of methoxy groups -OCH3 is 1. The van der Waals surface area contributed by atoms with Crippen LogP contribution in [0.25, 0.3) is 22.5 Å². The summed E-state index contributed by atoms with van der Waals surface area (Å²) in [5, 5.41) is 19.3. The molecular formula is C33H35Cl2FN6O3. The summed E-state index contributed by atoms with van der Waals surface area (Å²) < 4.78 is 21.0. The predicted molar refractivity (Wildman–Crippen MR) is 175 cm³/mol. The molecule has 0 saturated carbocycles. The lowest BCUT2D eigenvalue weighted by Gasteiger charge is -2.18. The number of aromatic nitrogens is 2. The van der Waals surface area contributed by atoms with Crippen LogP contribution in [-0.4, -0.2) is 65.8 Å². The molecule has 1 amide bonds. The molecule has 0 aliphatic carbocycles. The molecule has 1 atom stereocenters. The number of ether oxygens (including phenoxy) is 1. The topological polar surface area (TPSA) is 112 Å². The number of pyridine rings is 2. The van der Waals surface area contributed by atoms with Crippen molar-refractivity contribution in [2.45, 2.75) is 32.0 Å². The Morgan fingerprint density at radius 2 is 1.87 bits per heavy atom. The minimum atomic E-state index is -0.397. The second kappa shape index (κ2) is 15.0. The molecule has 0 unspecified atom stereocenters. The fourth-order valence-electron chi connectivity index (χ4n) is 5.27. The van der Waals surface area contributed by atoms with Crippen molar-refractivity contribution in [3.05, 3.63) is 87.8 Å². The third-order valence-corrected chi connectivity index (χ3v) is 8.40. The maximum Gasteiger partial charge on any atom is 0.220 e. The van der Waals surface area contributed by atoms with Crippen molar-refractivity contribution >= 4 is 40.5 Å². The maximum absolute atomic E-state index is 15.4. The molecular weight excluding hydrogens is 618 g/mol. The van der Waals surface area contributed by atoms with Crippen LogP contribution in [-0.2, 0) is 17.9 Å². The van der Waals surface area contributed by atoms with Gasteiger partial charge in [-0.15, -0.1) is 0 Å². The fourth-order valence-corrected chi connectivity index (χ4v) is 5.84. The number of likely N-dealkylation sites (N-methyl/N-ethyl adjacent to an activating group) is 1. The van der Waals surface area contributed by atoms with Gasteiger partial charge in [0.05, 0.1) is 46.5 Å². The lowest BCUT2D eigenvalue weighted by Crippen LogP contribution is -2.35. The Kier molecular flexibility index (Phi) is 10.9. The first-order valence-electron chi connectivity index (χ1n) is 14.6. The van der Waals surface area contributed by atoms with Crippen molar-refractivity contribution < 1.29 is 19.0 Å². The molecule has 0 spiro atoms. The van der Waals surface area contributed by atoms with Crippen LogP contribution in [0.1, 0.15) is 24.0 Å². The van der Waals surface area contributed by atoms with Crippen LogP contribution in [0.3, 0.4) is 0 Å². The van der Waals surface area contributed by atoms with Crippen LogP contribution in [0.4, 0.5) is 15.8 Å². The lowest BCUT2D eigenvalue weighted by atomic mass is 10.0. The van der Waals surface area contributed by atoms with Crippen molar-refractivity contribution in [1.29, 1.82) is 0 Å². The number of carbonyl (C=O) groups excluding carboxylic acids is 1. The number of anilines is 2. The second-order valence-electron chi connectivity index (χ2n) is 10.9. The Bertz CT molecular complexity index is 1670. The molecule has 1 aliphatic rings. The number of nitrogens with one attached hydrogen (secondary N) is 3. The van der Waals surface area contributed by atoms with E-state index < -0.39 is 5.82 Å².